The summed E-state index contributed by atoms with van der Waals surface area (Å²) >= 11 is 1.55. The summed E-state index contributed by atoms with van der Waals surface area (Å²) in [5, 5.41) is 2.81. The fourth-order valence-electron chi connectivity index (χ4n) is 2.80. The Balaban J connectivity index is 1.77. The van der Waals surface area contributed by atoms with E-state index >= 15 is 0 Å². The highest BCUT2D eigenvalue weighted by atomic mass is 32.1. The summed E-state index contributed by atoms with van der Waals surface area (Å²) in [5.74, 6) is 1.20. The van der Waals surface area contributed by atoms with Crippen LogP contribution in [0.3, 0.4) is 0 Å². The number of carbonyl (C=O) groups is 1. The summed E-state index contributed by atoms with van der Waals surface area (Å²) in [6.07, 6.45) is 1.10. The molecule has 3 nitrogen and oxygen atoms in total. The van der Waals surface area contributed by atoms with Crippen molar-refractivity contribution in [3.63, 3.8) is 0 Å². The molecule has 1 amide bonds. The molecule has 1 unspecified atom stereocenters. The Kier molecular flexibility index (Phi) is 4.30. The van der Waals surface area contributed by atoms with Gasteiger partial charge in [0.25, 0.3) is 5.91 Å². The summed E-state index contributed by atoms with van der Waals surface area (Å²) < 4.78 is 0. The predicted molar refractivity (Wildman–Crippen MR) is 91.3 cm³/mol. The van der Waals surface area contributed by atoms with E-state index in [4.69, 9.17) is 0 Å². The van der Waals surface area contributed by atoms with Crippen LogP contribution in [0.5, 0.6) is 0 Å². The highest BCUT2D eigenvalue weighted by Crippen LogP contribution is 2.27. The van der Waals surface area contributed by atoms with Gasteiger partial charge < -0.3 is 4.90 Å². The van der Waals surface area contributed by atoms with E-state index in [1.807, 2.05) is 10.3 Å². The van der Waals surface area contributed by atoms with E-state index in [0.717, 1.165) is 30.1 Å². The number of amides is 1. The molecule has 3 rings (SSSR count). The number of hydrogen-bond acceptors (Lipinski definition) is 3. The van der Waals surface area contributed by atoms with E-state index in [9.17, 15) is 4.79 Å². The molecule has 0 spiro atoms. The number of thiazole rings is 1. The lowest BCUT2D eigenvalue weighted by molar-refractivity contribution is 0.0783. The zero-order valence-electron chi connectivity index (χ0n) is 13.4. The number of aromatic nitrogens is 1. The molecular weight excluding hydrogens is 292 g/mol. The summed E-state index contributed by atoms with van der Waals surface area (Å²) in [7, 11) is 0. The van der Waals surface area contributed by atoms with E-state index < -0.39 is 0 Å². The van der Waals surface area contributed by atoms with Gasteiger partial charge in [0, 0.05) is 24.0 Å². The van der Waals surface area contributed by atoms with Gasteiger partial charge in [0.2, 0.25) is 0 Å². The van der Waals surface area contributed by atoms with Crippen LogP contribution in [0, 0.1) is 5.92 Å². The average molecular weight is 314 g/mol. The monoisotopic (exact) mass is 314 g/mol. The maximum atomic E-state index is 12.5. The van der Waals surface area contributed by atoms with Crippen LogP contribution >= 0.6 is 11.3 Å². The Labute approximate surface area is 136 Å². The molecule has 4 heteroatoms. The molecule has 1 aliphatic heterocycles. The molecule has 2 aromatic rings. The van der Waals surface area contributed by atoms with Crippen molar-refractivity contribution in [2.45, 2.75) is 33.1 Å². The second kappa shape index (κ2) is 6.21. The van der Waals surface area contributed by atoms with Crippen LogP contribution in [0.25, 0.3) is 10.6 Å². The first-order chi connectivity index (χ1) is 10.5. The van der Waals surface area contributed by atoms with Gasteiger partial charge in [-0.15, -0.1) is 11.3 Å². The van der Waals surface area contributed by atoms with E-state index in [-0.39, 0.29) is 5.91 Å². The SMILES string of the molecule is CC1CCN(C(=O)c2csc(-c3ccc(C(C)C)cc3)n2)C1. The van der Waals surface area contributed by atoms with Crippen LogP contribution in [0.2, 0.25) is 0 Å². The average Bonchev–Trinajstić information content (AvgIpc) is 3.15. The Hall–Kier alpha value is -1.68. The minimum Gasteiger partial charge on any atom is -0.337 e. The summed E-state index contributed by atoms with van der Waals surface area (Å²) in [4.78, 5) is 18.9. The minimum absolute atomic E-state index is 0.0747. The predicted octanol–water partition coefficient (Wildman–Crippen LogP) is 4.42. The lowest BCUT2D eigenvalue weighted by atomic mass is 10.0. The zero-order chi connectivity index (χ0) is 15.7. The molecule has 0 aliphatic carbocycles. The lowest BCUT2D eigenvalue weighted by Crippen LogP contribution is -2.28. The minimum atomic E-state index is 0.0747. The Bertz CT molecular complexity index is 660. The first-order valence-corrected chi connectivity index (χ1v) is 8.77. The highest BCUT2D eigenvalue weighted by molar-refractivity contribution is 7.13. The third-order valence-electron chi connectivity index (χ3n) is 4.26. The van der Waals surface area contributed by atoms with Crippen LogP contribution in [0.1, 0.15) is 49.2 Å². The number of likely N-dealkylation sites (tertiary alicyclic amines) is 1. The molecule has 116 valence electrons. The molecule has 0 saturated carbocycles. The number of benzene rings is 1. The molecule has 1 aromatic carbocycles. The summed E-state index contributed by atoms with van der Waals surface area (Å²) in [5.41, 5.74) is 2.99. The number of carbonyl (C=O) groups excluding carboxylic acids is 1. The van der Waals surface area contributed by atoms with Crippen LogP contribution in [0.4, 0.5) is 0 Å². The fraction of sp³-hybridized carbons (Fsp3) is 0.444. The molecular formula is C18H22N2OS. The van der Waals surface area contributed by atoms with Crippen molar-refractivity contribution in [3.05, 3.63) is 40.9 Å². The molecule has 1 atom stereocenters. The van der Waals surface area contributed by atoms with Crippen molar-refractivity contribution in [2.75, 3.05) is 13.1 Å². The van der Waals surface area contributed by atoms with Crippen LogP contribution < -0.4 is 0 Å². The van der Waals surface area contributed by atoms with Gasteiger partial charge in [0.1, 0.15) is 10.7 Å². The maximum absolute atomic E-state index is 12.5. The largest absolute Gasteiger partial charge is 0.337 e. The number of rotatable bonds is 3. The second-order valence-electron chi connectivity index (χ2n) is 6.46. The van der Waals surface area contributed by atoms with Crippen LogP contribution in [0.15, 0.2) is 29.6 Å². The van der Waals surface area contributed by atoms with Crippen LogP contribution in [-0.2, 0) is 0 Å². The molecule has 22 heavy (non-hydrogen) atoms. The maximum Gasteiger partial charge on any atom is 0.273 e. The van der Waals surface area contributed by atoms with Crippen LogP contribution in [-0.4, -0.2) is 28.9 Å². The van der Waals surface area contributed by atoms with E-state index in [2.05, 4.69) is 50.0 Å². The van der Waals surface area contributed by atoms with E-state index in [1.165, 1.54) is 5.56 Å². The van der Waals surface area contributed by atoms with Gasteiger partial charge in [-0.05, 0) is 23.8 Å². The second-order valence-corrected chi connectivity index (χ2v) is 7.32. The normalized spacial score (nSPS) is 18.2. The van der Waals surface area contributed by atoms with Crippen molar-refractivity contribution in [1.29, 1.82) is 0 Å². The summed E-state index contributed by atoms with van der Waals surface area (Å²) in [6.45, 7) is 8.28. The first kappa shape index (κ1) is 15.2. The van der Waals surface area contributed by atoms with Gasteiger partial charge >= 0.3 is 0 Å². The fourth-order valence-corrected chi connectivity index (χ4v) is 3.60. The summed E-state index contributed by atoms with van der Waals surface area (Å²) in [6, 6.07) is 8.48. The third-order valence-corrected chi connectivity index (χ3v) is 5.15. The molecule has 0 radical (unpaired) electrons. The van der Waals surface area contributed by atoms with Gasteiger partial charge in [0.15, 0.2) is 0 Å². The molecule has 1 aromatic heterocycles. The number of nitrogens with zero attached hydrogens (tertiary/aromatic N) is 2. The highest BCUT2D eigenvalue weighted by Gasteiger charge is 2.25. The van der Waals surface area contributed by atoms with Crippen molar-refractivity contribution >= 4 is 17.2 Å². The molecule has 2 heterocycles. The van der Waals surface area contributed by atoms with Crippen molar-refractivity contribution in [2.24, 2.45) is 5.92 Å². The van der Waals surface area contributed by atoms with Crippen molar-refractivity contribution in [3.8, 4) is 10.6 Å². The topological polar surface area (TPSA) is 33.2 Å². The first-order valence-electron chi connectivity index (χ1n) is 7.89. The molecule has 1 saturated heterocycles. The Morgan fingerprint density at radius 1 is 1.32 bits per heavy atom. The standard InChI is InChI=1S/C18H22N2OS/c1-12(2)14-4-6-15(7-5-14)17-19-16(11-22-17)18(21)20-9-8-13(3)10-20/h4-7,11-13H,8-10H2,1-3H3. The van der Waals surface area contributed by atoms with Crippen molar-refractivity contribution < 1.29 is 4.79 Å². The smallest absolute Gasteiger partial charge is 0.273 e. The van der Waals surface area contributed by atoms with E-state index in [1.54, 1.807) is 11.3 Å². The van der Waals surface area contributed by atoms with E-state index in [0.29, 0.717) is 17.5 Å². The van der Waals surface area contributed by atoms with Gasteiger partial charge in [0.05, 0.1) is 0 Å². The van der Waals surface area contributed by atoms with Crippen molar-refractivity contribution in [1.82, 2.24) is 9.88 Å². The number of hydrogen-bond donors (Lipinski definition) is 0. The molecule has 1 fully saturated rings. The van der Waals surface area contributed by atoms with Gasteiger partial charge in [-0.25, -0.2) is 4.98 Å². The Morgan fingerprint density at radius 3 is 2.64 bits per heavy atom. The lowest BCUT2D eigenvalue weighted by Gasteiger charge is -2.13. The Morgan fingerprint density at radius 2 is 2.05 bits per heavy atom. The van der Waals surface area contributed by atoms with Gasteiger partial charge in [-0.2, -0.15) is 0 Å². The van der Waals surface area contributed by atoms with Gasteiger partial charge in [-0.1, -0.05) is 45.0 Å². The third kappa shape index (κ3) is 3.07. The molecule has 1 aliphatic rings. The molecule has 0 N–H and O–H groups in total. The quantitative estimate of drug-likeness (QED) is 0.840. The van der Waals surface area contributed by atoms with Gasteiger partial charge in [-0.3, -0.25) is 4.79 Å². The zero-order valence-corrected chi connectivity index (χ0v) is 14.2. The molecule has 0 bridgehead atoms.